The Kier molecular flexibility index (Phi) is 3.57. The minimum absolute atomic E-state index is 0.215. The van der Waals surface area contributed by atoms with Crippen LogP contribution < -0.4 is 4.74 Å². The molecule has 0 amide bonds. The average Bonchev–Trinajstić information content (AvgIpc) is 2.77. The van der Waals surface area contributed by atoms with Crippen molar-refractivity contribution in [1.29, 1.82) is 0 Å². The van der Waals surface area contributed by atoms with Gasteiger partial charge in [-0.05, 0) is 25.0 Å². The second-order valence-corrected chi connectivity index (χ2v) is 4.10. The highest BCUT2D eigenvalue weighted by molar-refractivity contribution is 5.75. The van der Waals surface area contributed by atoms with Crippen LogP contribution in [0, 0.1) is 0 Å². The van der Waals surface area contributed by atoms with Crippen LogP contribution in [0.2, 0.25) is 0 Å². The van der Waals surface area contributed by atoms with Crippen LogP contribution in [0.25, 0.3) is 0 Å². The van der Waals surface area contributed by atoms with E-state index in [1.807, 2.05) is 12.1 Å². The van der Waals surface area contributed by atoms with Crippen molar-refractivity contribution in [2.24, 2.45) is 0 Å². The summed E-state index contributed by atoms with van der Waals surface area (Å²) in [5.41, 5.74) is 0.652. The number of hydrogen-bond donors (Lipinski definition) is 0. The predicted molar refractivity (Wildman–Crippen MR) is 60.9 cm³/mol. The molecule has 1 aliphatic rings. The molecule has 86 valence electrons. The summed E-state index contributed by atoms with van der Waals surface area (Å²) in [6.07, 6.45) is 4.37. The Labute approximate surface area is 95.4 Å². The van der Waals surface area contributed by atoms with Crippen LogP contribution >= 0.6 is 0 Å². The lowest BCUT2D eigenvalue weighted by Gasteiger charge is -2.13. The number of rotatable bonds is 4. The van der Waals surface area contributed by atoms with Crippen LogP contribution in [-0.2, 0) is 4.74 Å². The highest BCUT2D eigenvalue weighted by Gasteiger charge is 2.25. The van der Waals surface area contributed by atoms with E-state index in [0.717, 1.165) is 31.3 Å². The lowest BCUT2D eigenvalue weighted by atomic mass is 10.2. The number of hydrogen-bond acceptors (Lipinski definition) is 3. The number of ether oxygens (including phenoxy) is 2. The Balaban J connectivity index is 1.96. The van der Waals surface area contributed by atoms with E-state index in [4.69, 9.17) is 9.47 Å². The minimum Gasteiger partial charge on any atom is -0.490 e. The fourth-order valence-electron chi connectivity index (χ4n) is 2.08. The fraction of sp³-hybridized carbons (Fsp3) is 0.462. The molecule has 1 aliphatic carbocycles. The van der Waals surface area contributed by atoms with E-state index in [1.54, 1.807) is 19.2 Å². The maximum absolute atomic E-state index is 10.6. The van der Waals surface area contributed by atoms with E-state index in [9.17, 15) is 4.79 Å². The quantitative estimate of drug-likeness (QED) is 0.731. The van der Waals surface area contributed by atoms with Gasteiger partial charge in [-0.1, -0.05) is 12.1 Å². The van der Waals surface area contributed by atoms with Crippen molar-refractivity contribution in [1.82, 2.24) is 0 Å². The molecule has 0 saturated heterocycles. The molecule has 0 N–H and O–H groups in total. The van der Waals surface area contributed by atoms with E-state index >= 15 is 0 Å². The summed E-state index contributed by atoms with van der Waals surface area (Å²) in [7, 11) is 1.74. The van der Waals surface area contributed by atoms with Crippen molar-refractivity contribution in [2.45, 2.75) is 31.5 Å². The van der Waals surface area contributed by atoms with Gasteiger partial charge in [0.2, 0.25) is 0 Å². The zero-order valence-electron chi connectivity index (χ0n) is 9.39. The van der Waals surface area contributed by atoms with E-state index in [0.29, 0.717) is 11.7 Å². The standard InChI is InChI=1S/C13H16O3/c1-15-11-5-6-13(8-11)16-12-4-2-3-10(7-12)9-14/h2-4,7,9,11,13H,5-6,8H2,1H3. The molecule has 2 unspecified atom stereocenters. The van der Waals surface area contributed by atoms with Gasteiger partial charge >= 0.3 is 0 Å². The molecular weight excluding hydrogens is 204 g/mol. The van der Waals surface area contributed by atoms with Crippen molar-refractivity contribution in [3.8, 4) is 5.75 Å². The number of methoxy groups -OCH3 is 1. The van der Waals surface area contributed by atoms with Crippen LogP contribution in [0.1, 0.15) is 29.6 Å². The lowest BCUT2D eigenvalue weighted by molar-refractivity contribution is 0.0946. The van der Waals surface area contributed by atoms with Gasteiger partial charge in [0.15, 0.2) is 0 Å². The molecule has 2 rings (SSSR count). The fourth-order valence-corrected chi connectivity index (χ4v) is 2.08. The molecule has 1 fully saturated rings. The molecule has 16 heavy (non-hydrogen) atoms. The van der Waals surface area contributed by atoms with Gasteiger partial charge in [0.25, 0.3) is 0 Å². The number of carbonyl (C=O) groups is 1. The van der Waals surface area contributed by atoms with Crippen LogP contribution in [0.3, 0.4) is 0 Å². The lowest BCUT2D eigenvalue weighted by Crippen LogP contribution is -2.14. The molecule has 0 radical (unpaired) electrons. The van der Waals surface area contributed by atoms with Crippen molar-refractivity contribution in [3.05, 3.63) is 29.8 Å². The van der Waals surface area contributed by atoms with Crippen molar-refractivity contribution >= 4 is 6.29 Å². The molecule has 0 spiro atoms. The summed E-state index contributed by atoms with van der Waals surface area (Å²) in [6, 6.07) is 7.26. The Morgan fingerprint density at radius 1 is 1.31 bits per heavy atom. The van der Waals surface area contributed by atoms with Gasteiger partial charge in [-0.2, -0.15) is 0 Å². The van der Waals surface area contributed by atoms with Crippen LogP contribution in [-0.4, -0.2) is 25.6 Å². The first-order chi connectivity index (χ1) is 7.81. The van der Waals surface area contributed by atoms with Gasteiger partial charge < -0.3 is 9.47 Å². The zero-order chi connectivity index (χ0) is 11.4. The van der Waals surface area contributed by atoms with Gasteiger partial charge in [-0.25, -0.2) is 0 Å². The Bertz CT molecular complexity index is 362. The number of carbonyl (C=O) groups excluding carboxylic acids is 1. The van der Waals surface area contributed by atoms with E-state index in [2.05, 4.69) is 0 Å². The molecule has 0 heterocycles. The molecular formula is C13H16O3. The normalized spacial score (nSPS) is 24.3. The maximum Gasteiger partial charge on any atom is 0.150 e. The van der Waals surface area contributed by atoms with Crippen LogP contribution in [0.15, 0.2) is 24.3 Å². The first-order valence-electron chi connectivity index (χ1n) is 5.56. The Morgan fingerprint density at radius 2 is 2.12 bits per heavy atom. The van der Waals surface area contributed by atoms with E-state index < -0.39 is 0 Å². The van der Waals surface area contributed by atoms with E-state index in [1.165, 1.54) is 0 Å². The van der Waals surface area contributed by atoms with Gasteiger partial charge in [-0.15, -0.1) is 0 Å². The first-order valence-corrected chi connectivity index (χ1v) is 5.56. The minimum atomic E-state index is 0.215. The molecule has 3 nitrogen and oxygen atoms in total. The third-order valence-electron chi connectivity index (χ3n) is 2.97. The SMILES string of the molecule is COC1CCC(Oc2cccc(C=O)c2)C1. The Hall–Kier alpha value is -1.35. The summed E-state index contributed by atoms with van der Waals surface area (Å²) in [6.45, 7) is 0. The maximum atomic E-state index is 10.6. The Morgan fingerprint density at radius 3 is 2.81 bits per heavy atom. The van der Waals surface area contributed by atoms with Gasteiger partial charge in [-0.3, -0.25) is 4.79 Å². The van der Waals surface area contributed by atoms with Crippen molar-refractivity contribution in [2.75, 3.05) is 7.11 Å². The largest absolute Gasteiger partial charge is 0.490 e. The second-order valence-electron chi connectivity index (χ2n) is 4.10. The topological polar surface area (TPSA) is 35.5 Å². The van der Waals surface area contributed by atoms with Crippen molar-refractivity contribution in [3.63, 3.8) is 0 Å². The summed E-state index contributed by atoms with van der Waals surface area (Å²) in [4.78, 5) is 10.6. The molecule has 3 heteroatoms. The monoisotopic (exact) mass is 220 g/mol. The second kappa shape index (κ2) is 5.12. The van der Waals surface area contributed by atoms with E-state index in [-0.39, 0.29) is 6.10 Å². The molecule has 1 aromatic carbocycles. The van der Waals surface area contributed by atoms with Gasteiger partial charge in [0.05, 0.1) is 6.10 Å². The number of benzene rings is 1. The summed E-state index contributed by atoms with van der Waals surface area (Å²) < 4.78 is 11.1. The molecule has 2 atom stereocenters. The summed E-state index contributed by atoms with van der Waals surface area (Å²) in [5, 5.41) is 0. The molecule has 0 bridgehead atoms. The number of aldehydes is 1. The highest BCUT2D eigenvalue weighted by Crippen LogP contribution is 2.26. The van der Waals surface area contributed by atoms with Gasteiger partial charge in [0.1, 0.15) is 18.1 Å². The van der Waals surface area contributed by atoms with Gasteiger partial charge in [0, 0.05) is 19.1 Å². The van der Waals surface area contributed by atoms with Crippen LogP contribution in [0.5, 0.6) is 5.75 Å². The molecule has 1 saturated carbocycles. The third-order valence-corrected chi connectivity index (χ3v) is 2.97. The smallest absolute Gasteiger partial charge is 0.150 e. The third kappa shape index (κ3) is 2.61. The summed E-state index contributed by atoms with van der Waals surface area (Å²) in [5.74, 6) is 0.770. The average molecular weight is 220 g/mol. The molecule has 0 aromatic heterocycles. The molecule has 0 aliphatic heterocycles. The first kappa shape index (κ1) is 11.1. The molecule has 1 aromatic rings. The highest BCUT2D eigenvalue weighted by atomic mass is 16.5. The van der Waals surface area contributed by atoms with Crippen LogP contribution in [0.4, 0.5) is 0 Å². The predicted octanol–water partition coefficient (Wildman–Crippen LogP) is 2.45. The van der Waals surface area contributed by atoms with Crippen molar-refractivity contribution < 1.29 is 14.3 Å². The summed E-state index contributed by atoms with van der Waals surface area (Å²) >= 11 is 0. The zero-order valence-corrected chi connectivity index (χ0v) is 9.39.